The van der Waals surface area contributed by atoms with Gasteiger partial charge in [0.2, 0.25) is 0 Å². The molecule has 2 heteroatoms. The van der Waals surface area contributed by atoms with E-state index in [2.05, 4.69) is 35.6 Å². The summed E-state index contributed by atoms with van der Waals surface area (Å²) in [6, 6.07) is 11.3. The molecule has 0 aliphatic carbocycles. The molecule has 2 atom stereocenters. The van der Waals surface area contributed by atoms with Crippen LogP contribution in [0.5, 0.6) is 0 Å². The Balaban J connectivity index is 1.97. The third-order valence-electron chi connectivity index (χ3n) is 3.33. The van der Waals surface area contributed by atoms with E-state index in [0.717, 1.165) is 19.5 Å². The monoisotopic (exact) mass is 204 g/mol. The van der Waals surface area contributed by atoms with E-state index < -0.39 is 0 Å². The SMILES string of the molecule is NC[C@H]1CCCN[C@@H]1Cc1ccccc1. The summed E-state index contributed by atoms with van der Waals surface area (Å²) in [4.78, 5) is 0. The van der Waals surface area contributed by atoms with E-state index in [1.165, 1.54) is 18.4 Å². The minimum absolute atomic E-state index is 0.575. The molecule has 3 N–H and O–H groups in total. The third kappa shape index (κ3) is 2.80. The lowest BCUT2D eigenvalue weighted by Gasteiger charge is -2.32. The number of nitrogens with one attached hydrogen (secondary N) is 1. The summed E-state index contributed by atoms with van der Waals surface area (Å²) in [6.07, 6.45) is 3.66. The standard InChI is InChI=1S/C13H20N2/c14-10-12-7-4-8-15-13(12)9-11-5-2-1-3-6-11/h1-3,5-6,12-13,15H,4,7-10,14H2/t12-,13-/m1/s1. The van der Waals surface area contributed by atoms with E-state index in [1.807, 2.05) is 0 Å². The molecule has 82 valence electrons. The molecule has 2 rings (SSSR count). The second-order valence-electron chi connectivity index (χ2n) is 4.39. The average Bonchev–Trinajstić information content (AvgIpc) is 2.31. The van der Waals surface area contributed by atoms with Crippen molar-refractivity contribution < 1.29 is 0 Å². The van der Waals surface area contributed by atoms with Crippen molar-refractivity contribution in [1.82, 2.24) is 5.32 Å². The van der Waals surface area contributed by atoms with Crippen LogP contribution in [0, 0.1) is 5.92 Å². The highest BCUT2D eigenvalue weighted by atomic mass is 14.9. The van der Waals surface area contributed by atoms with Crippen molar-refractivity contribution in [3.63, 3.8) is 0 Å². The van der Waals surface area contributed by atoms with Gasteiger partial charge in [0.15, 0.2) is 0 Å². The lowest BCUT2D eigenvalue weighted by atomic mass is 9.87. The smallest absolute Gasteiger partial charge is 0.0148 e. The molecule has 0 bridgehead atoms. The van der Waals surface area contributed by atoms with Gasteiger partial charge in [0.25, 0.3) is 0 Å². The number of nitrogens with two attached hydrogens (primary N) is 1. The molecule has 0 amide bonds. The molecule has 1 aromatic rings. The van der Waals surface area contributed by atoms with Crippen molar-refractivity contribution in [1.29, 1.82) is 0 Å². The van der Waals surface area contributed by atoms with Gasteiger partial charge in [-0.15, -0.1) is 0 Å². The van der Waals surface area contributed by atoms with E-state index in [1.54, 1.807) is 0 Å². The van der Waals surface area contributed by atoms with Crippen molar-refractivity contribution in [2.45, 2.75) is 25.3 Å². The summed E-state index contributed by atoms with van der Waals surface area (Å²) in [6.45, 7) is 1.96. The highest BCUT2D eigenvalue weighted by molar-refractivity contribution is 5.16. The van der Waals surface area contributed by atoms with Crippen molar-refractivity contribution in [3.8, 4) is 0 Å². The molecule has 1 fully saturated rings. The molecular formula is C13H20N2. The van der Waals surface area contributed by atoms with Gasteiger partial charge in [0.1, 0.15) is 0 Å². The zero-order valence-electron chi connectivity index (χ0n) is 9.15. The molecule has 1 aromatic carbocycles. The molecule has 0 radical (unpaired) electrons. The molecule has 1 saturated heterocycles. The molecule has 0 saturated carbocycles. The fraction of sp³-hybridized carbons (Fsp3) is 0.538. The van der Waals surface area contributed by atoms with Gasteiger partial charge >= 0.3 is 0 Å². The molecular weight excluding hydrogens is 184 g/mol. The summed E-state index contributed by atoms with van der Waals surface area (Å²) in [7, 11) is 0. The first-order valence-electron chi connectivity index (χ1n) is 5.87. The zero-order chi connectivity index (χ0) is 10.5. The second-order valence-corrected chi connectivity index (χ2v) is 4.39. The quantitative estimate of drug-likeness (QED) is 0.784. The second kappa shape index (κ2) is 5.29. The summed E-state index contributed by atoms with van der Waals surface area (Å²) in [5, 5.41) is 3.59. The minimum atomic E-state index is 0.575. The highest BCUT2D eigenvalue weighted by Gasteiger charge is 2.23. The molecule has 0 unspecified atom stereocenters. The first-order chi connectivity index (χ1) is 7.40. The maximum atomic E-state index is 5.81. The summed E-state index contributed by atoms with van der Waals surface area (Å²) >= 11 is 0. The maximum Gasteiger partial charge on any atom is 0.0148 e. The van der Waals surface area contributed by atoms with E-state index in [-0.39, 0.29) is 0 Å². The van der Waals surface area contributed by atoms with Crippen LogP contribution in [0.4, 0.5) is 0 Å². The Kier molecular flexibility index (Phi) is 3.75. The number of benzene rings is 1. The number of hydrogen-bond donors (Lipinski definition) is 2. The fourth-order valence-corrected chi connectivity index (χ4v) is 2.41. The predicted molar refractivity (Wildman–Crippen MR) is 63.7 cm³/mol. The van der Waals surface area contributed by atoms with Crippen molar-refractivity contribution >= 4 is 0 Å². The molecule has 1 aliphatic heterocycles. The van der Waals surface area contributed by atoms with Crippen molar-refractivity contribution in [3.05, 3.63) is 35.9 Å². The van der Waals surface area contributed by atoms with Crippen LogP contribution in [-0.4, -0.2) is 19.1 Å². The number of hydrogen-bond acceptors (Lipinski definition) is 2. The molecule has 15 heavy (non-hydrogen) atoms. The summed E-state index contributed by atoms with van der Waals surface area (Å²) in [5.74, 6) is 0.652. The van der Waals surface area contributed by atoms with Gasteiger partial charge in [-0.2, -0.15) is 0 Å². The average molecular weight is 204 g/mol. The van der Waals surface area contributed by atoms with Crippen molar-refractivity contribution in [2.24, 2.45) is 11.7 Å². The lowest BCUT2D eigenvalue weighted by molar-refractivity contribution is 0.284. The van der Waals surface area contributed by atoms with Crippen LogP contribution in [0.3, 0.4) is 0 Å². The van der Waals surface area contributed by atoms with E-state index in [0.29, 0.717) is 12.0 Å². The van der Waals surface area contributed by atoms with E-state index in [9.17, 15) is 0 Å². The lowest BCUT2D eigenvalue weighted by Crippen LogP contribution is -2.45. The van der Waals surface area contributed by atoms with Crippen LogP contribution in [-0.2, 0) is 6.42 Å². The summed E-state index contributed by atoms with van der Waals surface area (Å²) in [5.41, 5.74) is 7.22. The largest absolute Gasteiger partial charge is 0.330 e. The number of rotatable bonds is 3. The van der Waals surface area contributed by atoms with Crippen LogP contribution in [0.25, 0.3) is 0 Å². The highest BCUT2D eigenvalue weighted by Crippen LogP contribution is 2.18. The Bertz CT molecular complexity index is 284. The molecule has 0 spiro atoms. The predicted octanol–water partition coefficient (Wildman–Crippen LogP) is 1.56. The van der Waals surface area contributed by atoms with Gasteiger partial charge in [0.05, 0.1) is 0 Å². The molecule has 0 aromatic heterocycles. The summed E-state index contributed by atoms with van der Waals surface area (Å²) < 4.78 is 0. The van der Waals surface area contributed by atoms with Crippen LogP contribution < -0.4 is 11.1 Å². The topological polar surface area (TPSA) is 38.0 Å². The number of piperidine rings is 1. The van der Waals surface area contributed by atoms with Gasteiger partial charge in [-0.3, -0.25) is 0 Å². The van der Waals surface area contributed by atoms with Crippen LogP contribution in [0.15, 0.2) is 30.3 Å². The Morgan fingerprint density at radius 2 is 2.07 bits per heavy atom. The Hall–Kier alpha value is -0.860. The molecule has 1 aliphatic rings. The first-order valence-corrected chi connectivity index (χ1v) is 5.87. The normalized spacial score (nSPS) is 26.5. The Morgan fingerprint density at radius 1 is 1.27 bits per heavy atom. The Morgan fingerprint density at radius 3 is 2.80 bits per heavy atom. The van der Waals surface area contributed by atoms with Crippen molar-refractivity contribution in [2.75, 3.05) is 13.1 Å². The van der Waals surface area contributed by atoms with Gasteiger partial charge in [0, 0.05) is 6.04 Å². The van der Waals surface area contributed by atoms with E-state index in [4.69, 9.17) is 5.73 Å². The van der Waals surface area contributed by atoms with Gasteiger partial charge < -0.3 is 11.1 Å². The van der Waals surface area contributed by atoms with Gasteiger partial charge in [-0.05, 0) is 43.8 Å². The van der Waals surface area contributed by atoms with Crippen LogP contribution in [0.1, 0.15) is 18.4 Å². The van der Waals surface area contributed by atoms with Gasteiger partial charge in [-0.1, -0.05) is 30.3 Å². The third-order valence-corrected chi connectivity index (χ3v) is 3.33. The molecule has 1 heterocycles. The first kappa shape index (κ1) is 10.7. The van der Waals surface area contributed by atoms with Crippen LogP contribution >= 0.6 is 0 Å². The zero-order valence-corrected chi connectivity index (χ0v) is 9.15. The fourth-order valence-electron chi connectivity index (χ4n) is 2.41. The maximum absolute atomic E-state index is 5.81. The van der Waals surface area contributed by atoms with Crippen LogP contribution in [0.2, 0.25) is 0 Å². The minimum Gasteiger partial charge on any atom is -0.330 e. The van der Waals surface area contributed by atoms with Gasteiger partial charge in [-0.25, -0.2) is 0 Å². The molecule has 2 nitrogen and oxygen atoms in total. The Labute approximate surface area is 91.9 Å². The van der Waals surface area contributed by atoms with E-state index >= 15 is 0 Å².